The van der Waals surface area contributed by atoms with Crippen molar-refractivity contribution in [3.63, 3.8) is 0 Å². The highest BCUT2D eigenvalue weighted by Gasteiger charge is 2.37. The summed E-state index contributed by atoms with van der Waals surface area (Å²) >= 11 is 0. The molecule has 1 rings (SSSR count). The van der Waals surface area contributed by atoms with Gasteiger partial charge in [0.15, 0.2) is 0 Å². The first-order valence-electron chi connectivity index (χ1n) is 2.61. The van der Waals surface area contributed by atoms with Gasteiger partial charge in [0.25, 0.3) is 0 Å². The fraction of sp³-hybridized carbons (Fsp3) is 1.00. The van der Waals surface area contributed by atoms with E-state index in [1.165, 1.54) is 0 Å². The lowest BCUT2D eigenvalue weighted by molar-refractivity contribution is -0.0367. The van der Waals surface area contributed by atoms with Gasteiger partial charge in [-0.1, -0.05) is 0 Å². The van der Waals surface area contributed by atoms with Crippen molar-refractivity contribution in [3.8, 4) is 0 Å². The van der Waals surface area contributed by atoms with Gasteiger partial charge in [-0.15, -0.1) is 0 Å². The Labute approximate surface area is 43.3 Å². The van der Waals surface area contributed by atoms with E-state index < -0.39 is 5.60 Å². The van der Waals surface area contributed by atoms with Crippen molar-refractivity contribution in [2.24, 2.45) is 5.73 Å². The quantitative estimate of drug-likeness (QED) is 0.446. The second-order valence-corrected chi connectivity index (χ2v) is 2.50. The molecule has 2 atom stereocenters. The molecule has 0 heterocycles. The van der Waals surface area contributed by atoms with Crippen LogP contribution in [-0.2, 0) is 0 Å². The molecule has 0 aromatic carbocycles. The summed E-state index contributed by atoms with van der Waals surface area (Å²) in [5.41, 5.74) is 4.86. The molecule has 1 aliphatic rings. The molecule has 0 saturated heterocycles. The zero-order valence-electron chi connectivity index (χ0n) is 4.52. The first-order chi connectivity index (χ1) is 3.13. The molecule has 2 nitrogen and oxygen atoms in total. The smallest absolute Gasteiger partial charge is 0.0770 e. The van der Waals surface area contributed by atoms with Gasteiger partial charge in [-0.25, -0.2) is 0 Å². The van der Waals surface area contributed by atoms with Crippen LogP contribution in [0, 0.1) is 0 Å². The third-order valence-corrected chi connectivity index (χ3v) is 1.76. The Morgan fingerprint density at radius 3 is 2.29 bits per heavy atom. The summed E-state index contributed by atoms with van der Waals surface area (Å²) in [5.74, 6) is 0. The molecule has 42 valence electrons. The Morgan fingerprint density at radius 2 is 2.29 bits per heavy atom. The fourth-order valence-electron chi connectivity index (χ4n) is 0.729. The van der Waals surface area contributed by atoms with E-state index in [0.29, 0.717) is 0 Å². The average molecular weight is 101 g/mol. The highest BCUT2D eigenvalue weighted by Crippen LogP contribution is 2.29. The summed E-state index contributed by atoms with van der Waals surface area (Å²) < 4.78 is 0. The van der Waals surface area contributed by atoms with E-state index in [1.807, 2.05) is 0 Å². The third kappa shape index (κ3) is 0.640. The molecule has 0 spiro atoms. The van der Waals surface area contributed by atoms with Crippen LogP contribution < -0.4 is 5.73 Å². The van der Waals surface area contributed by atoms with Crippen LogP contribution in [0.5, 0.6) is 0 Å². The monoisotopic (exact) mass is 101 g/mol. The normalized spacial score (nSPS) is 51.0. The maximum Gasteiger partial charge on any atom is 0.0770 e. The first-order valence-corrected chi connectivity index (χ1v) is 2.61. The molecule has 3 N–H and O–H groups in total. The highest BCUT2D eigenvalue weighted by molar-refractivity contribution is 4.95. The standard InChI is InChI=1S/C5H11NO/c1-5(7)3-2-4(5)6/h4,7H,2-3,6H2,1H3/t4?,5-/m0/s1. The van der Waals surface area contributed by atoms with Crippen LogP contribution >= 0.6 is 0 Å². The van der Waals surface area contributed by atoms with E-state index in [9.17, 15) is 0 Å². The minimum absolute atomic E-state index is 0.0347. The summed E-state index contributed by atoms with van der Waals surface area (Å²) in [7, 11) is 0. The predicted octanol–water partition coefficient (Wildman–Crippen LogP) is -0.142. The van der Waals surface area contributed by atoms with Crippen LogP contribution in [-0.4, -0.2) is 16.7 Å². The Kier molecular flexibility index (Phi) is 0.869. The number of rotatable bonds is 0. The Bertz CT molecular complexity index is 80.1. The van der Waals surface area contributed by atoms with E-state index >= 15 is 0 Å². The molecule has 0 aliphatic heterocycles. The van der Waals surface area contributed by atoms with Gasteiger partial charge in [0.1, 0.15) is 0 Å². The van der Waals surface area contributed by atoms with Crippen LogP contribution in [0.1, 0.15) is 19.8 Å². The van der Waals surface area contributed by atoms with Gasteiger partial charge in [-0.05, 0) is 19.8 Å². The largest absolute Gasteiger partial charge is 0.389 e. The van der Waals surface area contributed by atoms with Gasteiger partial charge in [-0.3, -0.25) is 0 Å². The molecule has 0 bridgehead atoms. The molecular weight excluding hydrogens is 90.1 g/mol. The molecule has 7 heavy (non-hydrogen) atoms. The molecular formula is C5H11NO. The van der Waals surface area contributed by atoms with Crippen molar-refractivity contribution in [2.45, 2.75) is 31.4 Å². The van der Waals surface area contributed by atoms with Crippen LogP contribution in [0.2, 0.25) is 0 Å². The third-order valence-electron chi connectivity index (χ3n) is 1.76. The lowest BCUT2D eigenvalue weighted by Crippen LogP contribution is -2.54. The van der Waals surface area contributed by atoms with Crippen molar-refractivity contribution in [1.82, 2.24) is 0 Å². The van der Waals surface area contributed by atoms with Crippen molar-refractivity contribution in [3.05, 3.63) is 0 Å². The zero-order valence-corrected chi connectivity index (χ0v) is 4.52. The van der Waals surface area contributed by atoms with Gasteiger partial charge in [-0.2, -0.15) is 0 Å². The number of aliphatic hydroxyl groups is 1. The van der Waals surface area contributed by atoms with E-state index in [-0.39, 0.29) is 6.04 Å². The van der Waals surface area contributed by atoms with E-state index in [4.69, 9.17) is 10.8 Å². The molecule has 2 heteroatoms. The van der Waals surface area contributed by atoms with E-state index in [2.05, 4.69) is 0 Å². The second kappa shape index (κ2) is 1.20. The van der Waals surface area contributed by atoms with Gasteiger partial charge < -0.3 is 10.8 Å². The van der Waals surface area contributed by atoms with Crippen LogP contribution in [0.4, 0.5) is 0 Å². The minimum atomic E-state index is -0.542. The van der Waals surface area contributed by atoms with Crippen LogP contribution in [0.15, 0.2) is 0 Å². The first kappa shape index (κ1) is 5.06. The van der Waals surface area contributed by atoms with Crippen LogP contribution in [0.3, 0.4) is 0 Å². The zero-order chi connectivity index (χ0) is 5.49. The summed E-state index contributed by atoms with van der Waals surface area (Å²) in [5, 5.41) is 9.06. The van der Waals surface area contributed by atoms with Gasteiger partial charge in [0.05, 0.1) is 5.60 Å². The van der Waals surface area contributed by atoms with Crippen LogP contribution in [0.25, 0.3) is 0 Å². The number of nitrogens with two attached hydrogens (primary N) is 1. The van der Waals surface area contributed by atoms with E-state index in [1.54, 1.807) is 6.92 Å². The lowest BCUT2D eigenvalue weighted by atomic mass is 9.77. The van der Waals surface area contributed by atoms with Gasteiger partial charge in [0, 0.05) is 6.04 Å². The Hall–Kier alpha value is -0.0800. The van der Waals surface area contributed by atoms with E-state index in [0.717, 1.165) is 12.8 Å². The SMILES string of the molecule is C[C@]1(O)CCC1N. The molecule has 0 radical (unpaired) electrons. The molecule has 1 saturated carbocycles. The molecule has 0 aromatic rings. The average Bonchev–Trinajstić information content (AvgIpc) is 1.63. The summed E-state index contributed by atoms with van der Waals surface area (Å²) in [4.78, 5) is 0. The predicted molar refractivity (Wildman–Crippen MR) is 27.8 cm³/mol. The van der Waals surface area contributed by atoms with Crippen molar-refractivity contribution >= 4 is 0 Å². The van der Waals surface area contributed by atoms with Gasteiger partial charge >= 0.3 is 0 Å². The maximum absolute atomic E-state index is 9.06. The summed E-state index contributed by atoms with van der Waals surface area (Å²) in [6, 6.07) is 0.0347. The van der Waals surface area contributed by atoms with Crippen molar-refractivity contribution in [1.29, 1.82) is 0 Å². The molecule has 0 aromatic heterocycles. The number of hydrogen-bond donors (Lipinski definition) is 2. The molecule has 1 aliphatic carbocycles. The Morgan fingerprint density at radius 1 is 1.86 bits per heavy atom. The minimum Gasteiger partial charge on any atom is -0.389 e. The molecule has 1 fully saturated rings. The second-order valence-electron chi connectivity index (χ2n) is 2.50. The lowest BCUT2D eigenvalue weighted by Gasteiger charge is -2.39. The molecule has 0 amide bonds. The van der Waals surface area contributed by atoms with Crippen molar-refractivity contribution < 1.29 is 5.11 Å². The maximum atomic E-state index is 9.06. The molecule has 1 unspecified atom stereocenters. The summed E-state index contributed by atoms with van der Waals surface area (Å²) in [6.07, 6.45) is 1.85. The summed E-state index contributed by atoms with van der Waals surface area (Å²) in [6.45, 7) is 1.78. The highest BCUT2D eigenvalue weighted by atomic mass is 16.3. The van der Waals surface area contributed by atoms with Crippen molar-refractivity contribution in [2.75, 3.05) is 0 Å². The topological polar surface area (TPSA) is 46.2 Å². The fourth-order valence-corrected chi connectivity index (χ4v) is 0.729. The number of hydrogen-bond acceptors (Lipinski definition) is 2. The van der Waals surface area contributed by atoms with Gasteiger partial charge in [0.2, 0.25) is 0 Å². The Balaban J connectivity index is 2.43.